The molecular formula is C31H32N4O9S. The second-order valence-corrected chi connectivity index (χ2v) is 13.3. The van der Waals surface area contributed by atoms with Crippen molar-refractivity contribution in [1.82, 2.24) is 15.1 Å². The van der Waals surface area contributed by atoms with Gasteiger partial charge in [0.1, 0.15) is 24.4 Å². The number of phenolic OH excluding ortho intramolecular Hbond substituents is 1. The van der Waals surface area contributed by atoms with E-state index in [4.69, 9.17) is 18.9 Å². The van der Waals surface area contributed by atoms with Gasteiger partial charge in [-0.15, -0.1) is 11.8 Å². The minimum absolute atomic E-state index is 0.0145. The summed E-state index contributed by atoms with van der Waals surface area (Å²) in [6.07, 6.45) is 0.168. The van der Waals surface area contributed by atoms with Crippen LogP contribution in [0.4, 0.5) is 0 Å². The fraction of sp³-hybridized carbons (Fsp3) is 0.516. The van der Waals surface area contributed by atoms with E-state index in [-0.39, 0.29) is 54.2 Å². The number of carbonyl (C=O) groups excluding carboxylic acids is 4. The van der Waals surface area contributed by atoms with Crippen LogP contribution in [0.15, 0.2) is 22.5 Å². The summed E-state index contributed by atoms with van der Waals surface area (Å²) in [5.74, 6) is -0.879. The molecule has 0 radical (unpaired) electrons. The van der Waals surface area contributed by atoms with Crippen molar-refractivity contribution >= 4 is 35.2 Å². The van der Waals surface area contributed by atoms with Crippen LogP contribution in [0.5, 0.6) is 17.2 Å². The quantitative estimate of drug-likeness (QED) is 0.353. The summed E-state index contributed by atoms with van der Waals surface area (Å²) in [5.41, 5.74) is 2.46. The van der Waals surface area contributed by atoms with E-state index in [2.05, 4.69) is 11.4 Å². The number of methoxy groups -OCH3 is 1. The molecule has 5 heterocycles. The third-order valence-electron chi connectivity index (χ3n) is 9.97. The van der Waals surface area contributed by atoms with Gasteiger partial charge in [0.05, 0.1) is 30.5 Å². The van der Waals surface area contributed by atoms with Gasteiger partial charge in [0, 0.05) is 58.2 Å². The van der Waals surface area contributed by atoms with Crippen molar-refractivity contribution in [2.75, 3.05) is 33.3 Å². The van der Waals surface area contributed by atoms with E-state index in [0.29, 0.717) is 39.3 Å². The van der Waals surface area contributed by atoms with Gasteiger partial charge in [-0.3, -0.25) is 24.2 Å². The lowest BCUT2D eigenvalue weighted by molar-refractivity contribution is -0.152. The lowest BCUT2D eigenvalue weighted by Gasteiger charge is -2.62. The highest BCUT2D eigenvalue weighted by molar-refractivity contribution is 7.99. The Balaban J connectivity index is 1.50. The Labute approximate surface area is 263 Å². The normalized spacial score (nSPS) is 32.4. The largest absolute Gasteiger partial charge is 0.507 e. The number of cyclic esters (lactones) is 1. The summed E-state index contributed by atoms with van der Waals surface area (Å²) >= 11 is 1.30. The molecule has 7 rings (SSSR count). The summed E-state index contributed by atoms with van der Waals surface area (Å²) in [6, 6.07) is -1.92. The Bertz CT molecular complexity index is 1700. The average molecular weight is 637 g/mol. The molecule has 45 heavy (non-hydrogen) atoms. The Kier molecular flexibility index (Phi) is 6.92. The van der Waals surface area contributed by atoms with Gasteiger partial charge in [-0.2, -0.15) is 5.26 Å². The highest BCUT2D eigenvalue weighted by atomic mass is 32.2. The van der Waals surface area contributed by atoms with Crippen molar-refractivity contribution < 1.29 is 43.2 Å². The van der Waals surface area contributed by atoms with Gasteiger partial charge in [0.15, 0.2) is 23.0 Å². The fourth-order valence-electron chi connectivity index (χ4n) is 8.06. The van der Waals surface area contributed by atoms with Crippen molar-refractivity contribution in [2.24, 2.45) is 0 Å². The monoisotopic (exact) mass is 636 g/mol. The summed E-state index contributed by atoms with van der Waals surface area (Å²) in [7, 11) is 3.21. The molecule has 236 valence electrons. The number of hydrogen-bond acceptors (Lipinski definition) is 13. The number of carbonyl (C=O) groups is 4. The maximum Gasteiger partial charge on any atom is 0.329 e. The number of nitriles is 1. The number of benzene rings is 1. The van der Waals surface area contributed by atoms with E-state index >= 15 is 0 Å². The third kappa shape index (κ3) is 4.00. The van der Waals surface area contributed by atoms with E-state index in [1.165, 1.54) is 25.8 Å². The van der Waals surface area contributed by atoms with Crippen LogP contribution in [0.3, 0.4) is 0 Å². The third-order valence-corrected chi connectivity index (χ3v) is 11.4. The summed E-state index contributed by atoms with van der Waals surface area (Å²) in [6.45, 7) is 4.31. The molecule has 1 amide bonds. The lowest BCUT2D eigenvalue weighted by Crippen LogP contribution is -2.73. The fourth-order valence-corrected chi connectivity index (χ4v) is 9.57. The zero-order valence-corrected chi connectivity index (χ0v) is 26.1. The Hall–Kier alpha value is -4.06. The van der Waals surface area contributed by atoms with Gasteiger partial charge in [-0.1, -0.05) is 0 Å². The number of thioether (sulfide) groups is 1. The number of phenols is 1. The van der Waals surface area contributed by atoms with Gasteiger partial charge >= 0.3 is 5.97 Å². The highest BCUT2D eigenvalue weighted by Crippen LogP contribution is 2.61. The van der Waals surface area contributed by atoms with Crippen molar-refractivity contribution in [3.8, 4) is 23.3 Å². The van der Waals surface area contributed by atoms with Crippen LogP contribution < -0.4 is 14.8 Å². The minimum Gasteiger partial charge on any atom is -0.507 e. The molecule has 13 nitrogen and oxygen atoms in total. The molecule has 0 saturated carbocycles. The van der Waals surface area contributed by atoms with Crippen LogP contribution in [0.25, 0.3) is 0 Å². The second-order valence-electron chi connectivity index (χ2n) is 12.1. The molecule has 6 aliphatic rings. The number of piperazine rings is 1. The zero-order valence-electron chi connectivity index (χ0n) is 25.3. The molecule has 0 spiro atoms. The number of Topliss-reactive ketones (excluding diaryl/α,β-unsaturated/α-hetero) is 2. The molecule has 1 aromatic carbocycles. The molecule has 2 N–H and O–H groups in total. The molecule has 4 bridgehead atoms. The number of nitrogens with one attached hydrogen (secondary N) is 1. The molecule has 5 aliphatic heterocycles. The lowest BCUT2D eigenvalue weighted by atomic mass is 9.68. The van der Waals surface area contributed by atoms with E-state index in [0.717, 1.165) is 0 Å². The number of aromatic hydroxyl groups is 1. The standard InChI is InChI=1S/C31H32N4O9S/c1-11-24(37)14-6-16-17(7-32)35-18-8-42-31(40)15(33-13(3)36)9-45-30(21-20(18)29-28(43-10-44-29)12(2)25(21)38)23(35)22(34(16)4)19(14)26(39)27(11)41-5/h15-18,22-23,30,38H,6,8-10H2,1-5H3,(H,33,36)/t15?,16?,17-,18-,22?,23?,30+/m0/s1. The van der Waals surface area contributed by atoms with Crippen LogP contribution in [0.1, 0.15) is 48.3 Å². The van der Waals surface area contributed by atoms with E-state index in [9.17, 15) is 29.5 Å². The SMILES string of the molecule is COC1=C(C)C(=O)C2=C(C1=O)C1C3[C@@H]4SCC(NC(C)=O)C(=O)OC[C@@H](c5c6c(c(C)c(O)c54)OCO6)N3[C@@H](C#N)C(C2)N1C. The van der Waals surface area contributed by atoms with Crippen molar-refractivity contribution in [2.45, 2.75) is 68.7 Å². The molecule has 2 saturated heterocycles. The summed E-state index contributed by atoms with van der Waals surface area (Å²) in [5, 5.41) is 24.6. The Morgan fingerprint density at radius 2 is 1.87 bits per heavy atom. The summed E-state index contributed by atoms with van der Waals surface area (Å²) < 4.78 is 23.1. The zero-order chi connectivity index (χ0) is 32.1. The molecule has 7 atom stereocenters. The number of allylic oxidation sites excluding steroid dienone is 2. The number of ether oxygens (including phenoxy) is 4. The molecule has 1 aromatic rings. The summed E-state index contributed by atoms with van der Waals surface area (Å²) in [4.78, 5) is 57.2. The van der Waals surface area contributed by atoms with Gasteiger partial charge in [0.25, 0.3) is 0 Å². The highest BCUT2D eigenvalue weighted by Gasteiger charge is 2.62. The molecule has 0 aromatic heterocycles. The smallest absolute Gasteiger partial charge is 0.329 e. The number of amides is 1. The van der Waals surface area contributed by atoms with Gasteiger partial charge in [0.2, 0.25) is 18.5 Å². The average Bonchev–Trinajstić information content (AvgIpc) is 3.50. The number of esters is 1. The first-order chi connectivity index (χ1) is 21.5. The molecule has 14 heteroatoms. The number of fused-ring (bicyclic) bond motifs is 8. The first-order valence-electron chi connectivity index (χ1n) is 14.7. The second kappa shape index (κ2) is 10.5. The van der Waals surface area contributed by atoms with Crippen LogP contribution in [0, 0.1) is 18.3 Å². The van der Waals surface area contributed by atoms with Crippen molar-refractivity contribution in [3.05, 3.63) is 39.2 Å². The molecule has 2 fully saturated rings. The van der Waals surface area contributed by atoms with Crippen LogP contribution >= 0.6 is 11.8 Å². The van der Waals surface area contributed by atoms with Gasteiger partial charge in [-0.25, -0.2) is 4.79 Å². The van der Waals surface area contributed by atoms with Crippen LogP contribution in [-0.2, 0) is 28.7 Å². The number of nitrogens with zero attached hydrogens (tertiary/aromatic N) is 3. The van der Waals surface area contributed by atoms with Gasteiger partial charge in [-0.05, 0) is 27.3 Å². The minimum atomic E-state index is -0.980. The molecule has 1 aliphatic carbocycles. The number of likely N-dealkylation sites (N-methyl/N-ethyl adjacent to an activating group) is 1. The van der Waals surface area contributed by atoms with Crippen LogP contribution in [0.2, 0.25) is 0 Å². The number of ketones is 2. The van der Waals surface area contributed by atoms with E-state index < -0.39 is 53.4 Å². The topological polar surface area (TPSA) is 168 Å². The predicted molar refractivity (Wildman–Crippen MR) is 157 cm³/mol. The first-order valence-corrected chi connectivity index (χ1v) is 15.7. The number of rotatable bonds is 2. The van der Waals surface area contributed by atoms with E-state index in [1.807, 2.05) is 16.8 Å². The van der Waals surface area contributed by atoms with Crippen LogP contribution in [-0.4, -0.2) is 102 Å². The Morgan fingerprint density at radius 3 is 2.56 bits per heavy atom. The molecular weight excluding hydrogens is 604 g/mol. The molecule has 4 unspecified atom stereocenters. The van der Waals surface area contributed by atoms with E-state index in [1.54, 1.807) is 13.8 Å². The van der Waals surface area contributed by atoms with Crippen molar-refractivity contribution in [1.29, 1.82) is 5.26 Å². The maximum atomic E-state index is 14.1. The van der Waals surface area contributed by atoms with Gasteiger partial charge < -0.3 is 29.4 Å². The Morgan fingerprint density at radius 1 is 1.13 bits per heavy atom. The first kappa shape index (κ1) is 29.6. The predicted octanol–water partition coefficient (Wildman–Crippen LogP) is 1.34. The maximum absolute atomic E-state index is 14.1. The van der Waals surface area contributed by atoms with Crippen molar-refractivity contribution in [3.63, 3.8) is 0 Å². The number of hydrogen-bond donors (Lipinski definition) is 2.